The van der Waals surface area contributed by atoms with Gasteiger partial charge in [0.1, 0.15) is 0 Å². The number of nitrogens with zero attached hydrogens (tertiary/aromatic N) is 1. The summed E-state index contributed by atoms with van der Waals surface area (Å²) >= 11 is 3.32. The van der Waals surface area contributed by atoms with Gasteiger partial charge in [-0.3, -0.25) is 0 Å². The van der Waals surface area contributed by atoms with Crippen LogP contribution in [-0.4, -0.2) is 13.1 Å². The lowest BCUT2D eigenvalue weighted by molar-refractivity contribution is 0.0599. The summed E-state index contributed by atoms with van der Waals surface area (Å²) in [5.74, 6) is -0.410. The highest BCUT2D eigenvalue weighted by Crippen LogP contribution is 2.19. The van der Waals surface area contributed by atoms with Crippen LogP contribution in [0.15, 0.2) is 12.1 Å². The van der Waals surface area contributed by atoms with Crippen molar-refractivity contribution in [3.8, 4) is 6.07 Å². The number of rotatable bonds is 2. The molecule has 1 aromatic rings. The van der Waals surface area contributed by atoms with Crippen molar-refractivity contribution in [2.45, 2.75) is 12.3 Å². The Hall–Kier alpha value is -1.34. The van der Waals surface area contributed by atoms with E-state index in [2.05, 4.69) is 20.7 Å². The molecule has 0 unspecified atom stereocenters. The van der Waals surface area contributed by atoms with Gasteiger partial charge >= 0.3 is 5.97 Å². The highest BCUT2D eigenvalue weighted by Gasteiger charge is 2.13. The van der Waals surface area contributed by atoms with Gasteiger partial charge in [-0.05, 0) is 30.2 Å². The van der Waals surface area contributed by atoms with E-state index in [1.165, 1.54) is 7.11 Å². The zero-order valence-electron chi connectivity index (χ0n) is 8.50. The maximum Gasteiger partial charge on any atom is 0.338 e. The molecule has 4 heteroatoms. The Morgan fingerprint density at radius 1 is 1.60 bits per heavy atom. The number of benzene rings is 1. The largest absolute Gasteiger partial charge is 0.465 e. The standard InChI is InChI=1S/C11H10BrNO2/c1-7-9(5-12)3-8(6-13)4-10(7)11(14)15-2/h3-4H,5H2,1-2H3. The number of esters is 1. The van der Waals surface area contributed by atoms with E-state index in [1.807, 2.05) is 13.0 Å². The molecule has 0 saturated carbocycles. The van der Waals surface area contributed by atoms with Crippen molar-refractivity contribution in [1.82, 2.24) is 0 Å². The van der Waals surface area contributed by atoms with Crippen molar-refractivity contribution in [2.24, 2.45) is 0 Å². The quantitative estimate of drug-likeness (QED) is 0.611. The van der Waals surface area contributed by atoms with Gasteiger partial charge in [0.25, 0.3) is 0 Å². The molecule has 1 aromatic carbocycles. The van der Waals surface area contributed by atoms with E-state index < -0.39 is 5.97 Å². The summed E-state index contributed by atoms with van der Waals surface area (Å²) in [4.78, 5) is 11.4. The topological polar surface area (TPSA) is 50.1 Å². The van der Waals surface area contributed by atoms with Gasteiger partial charge in [-0.1, -0.05) is 15.9 Å². The minimum absolute atomic E-state index is 0.410. The summed E-state index contributed by atoms with van der Waals surface area (Å²) in [7, 11) is 1.33. The van der Waals surface area contributed by atoms with Crippen molar-refractivity contribution < 1.29 is 9.53 Å². The first-order valence-electron chi connectivity index (χ1n) is 4.32. The van der Waals surface area contributed by atoms with E-state index in [-0.39, 0.29) is 0 Å². The maximum atomic E-state index is 11.4. The average molecular weight is 268 g/mol. The Morgan fingerprint density at radius 3 is 2.73 bits per heavy atom. The van der Waals surface area contributed by atoms with Gasteiger partial charge in [-0.25, -0.2) is 4.79 Å². The molecule has 0 amide bonds. The lowest BCUT2D eigenvalue weighted by Crippen LogP contribution is -2.06. The SMILES string of the molecule is COC(=O)c1cc(C#N)cc(CBr)c1C. The second-order valence-corrected chi connectivity index (χ2v) is 3.61. The number of alkyl halides is 1. The summed E-state index contributed by atoms with van der Waals surface area (Å²) in [6.45, 7) is 1.84. The number of hydrogen-bond acceptors (Lipinski definition) is 3. The smallest absolute Gasteiger partial charge is 0.338 e. The molecule has 0 heterocycles. The second-order valence-electron chi connectivity index (χ2n) is 3.04. The van der Waals surface area contributed by atoms with Crippen LogP contribution in [0.2, 0.25) is 0 Å². The van der Waals surface area contributed by atoms with E-state index in [1.54, 1.807) is 12.1 Å². The summed E-state index contributed by atoms with van der Waals surface area (Å²) in [6.07, 6.45) is 0. The third kappa shape index (κ3) is 2.37. The number of methoxy groups -OCH3 is 1. The number of ether oxygens (including phenoxy) is 1. The van der Waals surface area contributed by atoms with Crippen molar-refractivity contribution >= 4 is 21.9 Å². The molecule has 78 valence electrons. The fourth-order valence-electron chi connectivity index (χ4n) is 1.30. The van der Waals surface area contributed by atoms with E-state index in [4.69, 9.17) is 5.26 Å². The number of nitriles is 1. The second kappa shape index (κ2) is 4.94. The Kier molecular flexibility index (Phi) is 3.87. The molecule has 0 aliphatic carbocycles. The molecule has 1 rings (SSSR count). The molecule has 3 nitrogen and oxygen atoms in total. The molecule has 0 aliphatic heterocycles. The van der Waals surface area contributed by atoms with Crippen LogP contribution in [0.4, 0.5) is 0 Å². The molecule has 0 atom stereocenters. The minimum atomic E-state index is -0.410. The Labute approximate surface area is 96.8 Å². The monoisotopic (exact) mass is 267 g/mol. The van der Waals surface area contributed by atoms with E-state index in [9.17, 15) is 4.79 Å². The van der Waals surface area contributed by atoms with E-state index in [0.717, 1.165) is 11.1 Å². The zero-order valence-corrected chi connectivity index (χ0v) is 10.1. The highest BCUT2D eigenvalue weighted by molar-refractivity contribution is 9.08. The lowest BCUT2D eigenvalue weighted by Gasteiger charge is -2.08. The van der Waals surface area contributed by atoms with Gasteiger partial charge in [0.05, 0.1) is 24.3 Å². The molecule has 0 bridgehead atoms. The van der Waals surface area contributed by atoms with Gasteiger partial charge in [-0.2, -0.15) is 5.26 Å². The van der Waals surface area contributed by atoms with Crippen LogP contribution in [0, 0.1) is 18.3 Å². The average Bonchev–Trinajstić information content (AvgIpc) is 2.28. The molecule has 0 aliphatic rings. The van der Waals surface area contributed by atoms with Gasteiger partial charge in [-0.15, -0.1) is 0 Å². The minimum Gasteiger partial charge on any atom is -0.465 e. The fraction of sp³-hybridized carbons (Fsp3) is 0.273. The van der Waals surface area contributed by atoms with Gasteiger partial charge in [0.15, 0.2) is 0 Å². The molecule has 0 saturated heterocycles. The number of carbonyl (C=O) groups is 1. The van der Waals surface area contributed by atoms with Crippen molar-refractivity contribution in [3.63, 3.8) is 0 Å². The van der Waals surface area contributed by atoms with Crippen LogP contribution in [0.1, 0.15) is 27.0 Å². The van der Waals surface area contributed by atoms with Crippen LogP contribution < -0.4 is 0 Å². The Bertz CT molecular complexity index is 435. The van der Waals surface area contributed by atoms with Crippen LogP contribution >= 0.6 is 15.9 Å². The summed E-state index contributed by atoms with van der Waals surface area (Å²) in [5.41, 5.74) is 2.69. The first-order chi connectivity index (χ1) is 7.13. The summed E-state index contributed by atoms with van der Waals surface area (Å²) < 4.78 is 4.65. The van der Waals surface area contributed by atoms with Crippen molar-refractivity contribution in [3.05, 3.63) is 34.4 Å². The Morgan fingerprint density at radius 2 is 2.27 bits per heavy atom. The van der Waals surface area contributed by atoms with Crippen LogP contribution in [-0.2, 0) is 10.1 Å². The lowest BCUT2D eigenvalue weighted by atomic mass is 10.00. The number of carbonyl (C=O) groups excluding carboxylic acids is 1. The molecule has 15 heavy (non-hydrogen) atoms. The molecule has 0 radical (unpaired) electrons. The van der Waals surface area contributed by atoms with E-state index >= 15 is 0 Å². The highest BCUT2D eigenvalue weighted by atomic mass is 79.9. The van der Waals surface area contributed by atoms with Crippen LogP contribution in [0.25, 0.3) is 0 Å². The van der Waals surface area contributed by atoms with Gasteiger partial charge in [0.2, 0.25) is 0 Å². The fourth-order valence-corrected chi connectivity index (χ4v) is 1.88. The molecule has 0 spiro atoms. The molecule has 0 N–H and O–H groups in total. The van der Waals surface area contributed by atoms with Gasteiger partial charge < -0.3 is 4.74 Å². The third-order valence-corrected chi connectivity index (χ3v) is 2.80. The molecular weight excluding hydrogens is 258 g/mol. The molecule has 0 fully saturated rings. The van der Waals surface area contributed by atoms with Crippen LogP contribution in [0.5, 0.6) is 0 Å². The normalized spacial score (nSPS) is 9.47. The first kappa shape index (κ1) is 11.7. The predicted octanol–water partition coefficient (Wildman–Crippen LogP) is 2.55. The first-order valence-corrected chi connectivity index (χ1v) is 5.44. The van der Waals surface area contributed by atoms with Gasteiger partial charge in [0, 0.05) is 5.33 Å². The summed E-state index contributed by atoms with van der Waals surface area (Å²) in [5, 5.41) is 9.42. The Balaban J connectivity index is 3.38. The maximum absolute atomic E-state index is 11.4. The van der Waals surface area contributed by atoms with Crippen LogP contribution in [0.3, 0.4) is 0 Å². The third-order valence-electron chi connectivity index (χ3n) is 2.19. The summed E-state index contributed by atoms with van der Waals surface area (Å²) in [6, 6.07) is 5.33. The number of halogens is 1. The predicted molar refractivity (Wildman–Crippen MR) is 59.9 cm³/mol. The number of hydrogen-bond donors (Lipinski definition) is 0. The van der Waals surface area contributed by atoms with E-state index in [0.29, 0.717) is 16.5 Å². The zero-order chi connectivity index (χ0) is 11.4. The van der Waals surface area contributed by atoms with Crippen molar-refractivity contribution in [2.75, 3.05) is 7.11 Å². The molecule has 0 aromatic heterocycles. The molecular formula is C11H10BrNO2. The van der Waals surface area contributed by atoms with Crippen molar-refractivity contribution in [1.29, 1.82) is 5.26 Å².